The number of urea groups is 1. The fraction of sp³-hybridized carbons (Fsp3) is 0.0476. The highest BCUT2D eigenvalue weighted by atomic mass is 19.1. The van der Waals surface area contributed by atoms with Crippen LogP contribution in [0.25, 0.3) is 11.1 Å². The lowest BCUT2D eigenvalue weighted by Gasteiger charge is -2.12. The van der Waals surface area contributed by atoms with Crippen LogP contribution in [0, 0.1) is 11.6 Å². The molecule has 0 saturated heterocycles. The third kappa shape index (κ3) is 4.32. The number of ether oxygens (including phenoxy) is 1. The second kappa shape index (κ2) is 8.30. The quantitative estimate of drug-likeness (QED) is 0.693. The van der Waals surface area contributed by atoms with Gasteiger partial charge in [0.15, 0.2) is 0 Å². The van der Waals surface area contributed by atoms with Gasteiger partial charge in [-0.3, -0.25) is 10.1 Å². The first-order valence-electron chi connectivity index (χ1n) is 8.29. The molecule has 0 aliphatic carbocycles. The number of methoxy groups -OCH3 is 1. The van der Waals surface area contributed by atoms with Crippen molar-refractivity contribution in [3.63, 3.8) is 0 Å². The zero-order valence-corrected chi connectivity index (χ0v) is 14.8. The van der Waals surface area contributed by atoms with E-state index in [2.05, 4.69) is 10.6 Å². The molecule has 0 atom stereocenters. The van der Waals surface area contributed by atoms with Crippen LogP contribution in [0.3, 0.4) is 0 Å². The van der Waals surface area contributed by atoms with E-state index >= 15 is 0 Å². The molecular weight excluding hydrogens is 366 g/mol. The summed E-state index contributed by atoms with van der Waals surface area (Å²) < 4.78 is 32.1. The second-order valence-electron chi connectivity index (χ2n) is 5.81. The van der Waals surface area contributed by atoms with Crippen molar-refractivity contribution in [1.82, 2.24) is 5.32 Å². The Morgan fingerprint density at radius 2 is 1.64 bits per heavy atom. The van der Waals surface area contributed by atoms with Gasteiger partial charge in [-0.05, 0) is 42.0 Å². The van der Waals surface area contributed by atoms with Gasteiger partial charge in [0.2, 0.25) is 0 Å². The Bertz CT molecular complexity index is 1020. The smallest absolute Gasteiger partial charge is 0.326 e. The number of imide groups is 1. The maximum Gasteiger partial charge on any atom is 0.326 e. The normalized spacial score (nSPS) is 10.2. The summed E-state index contributed by atoms with van der Waals surface area (Å²) in [5.74, 6) is -1.48. The van der Waals surface area contributed by atoms with Crippen LogP contribution in [-0.4, -0.2) is 19.0 Å². The van der Waals surface area contributed by atoms with Gasteiger partial charge in [-0.25, -0.2) is 13.6 Å². The van der Waals surface area contributed by atoms with E-state index in [4.69, 9.17) is 4.74 Å². The van der Waals surface area contributed by atoms with E-state index in [0.717, 1.165) is 11.6 Å². The standard InChI is InChI=1S/C21H16F2N2O3/c1-28-19-12-15(10-11-16(19)13-6-8-14(22)9-7-13)24-21(27)25-20(26)17-4-2-3-5-18(17)23/h2-12H,1H3,(H2,24,25,26,27). The number of hydrogen-bond acceptors (Lipinski definition) is 3. The third-order valence-corrected chi connectivity index (χ3v) is 3.96. The number of halogens is 2. The van der Waals surface area contributed by atoms with E-state index in [1.807, 2.05) is 0 Å². The number of anilines is 1. The summed E-state index contributed by atoms with van der Waals surface area (Å²) >= 11 is 0. The molecule has 0 radical (unpaired) electrons. The number of benzene rings is 3. The Hall–Kier alpha value is -3.74. The lowest BCUT2D eigenvalue weighted by Crippen LogP contribution is -2.34. The molecule has 0 unspecified atom stereocenters. The van der Waals surface area contributed by atoms with Crippen molar-refractivity contribution in [3.8, 4) is 16.9 Å². The molecule has 0 aliphatic rings. The molecular formula is C21H16F2N2O3. The predicted octanol–water partition coefficient (Wildman–Crippen LogP) is 4.60. The van der Waals surface area contributed by atoms with Crippen LogP contribution in [0.5, 0.6) is 5.75 Å². The summed E-state index contributed by atoms with van der Waals surface area (Å²) in [7, 11) is 1.47. The van der Waals surface area contributed by atoms with Crippen LogP contribution < -0.4 is 15.4 Å². The maximum absolute atomic E-state index is 13.6. The highest BCUT2D eigenvalue weighted by Crippen LogP contribution is 2.32. The SMILES string of the molecule is COc1cc(NC(=O)NC(=O)c2ccccc2F)ccc1-c1ccc(F)cc1. The van der Waals surface area contributed by atoms with Crippen LogP contribution in [0.4, 0.5) is 19.3 Å². The van der Waals surface area contributed by atoms with Gasteiger partial charge in [0.1, 0.15) is 17.4 Å². The molecule has 7 heteroatoms. The summed E-state index contributed by atoms with van der Waals surface area (Å²) in [5.41, 5.74) is 1.57. The van der Waals surface area contributed by atoms with Crippen molar-refractivity contribution in [3.05, 3.63) is 83.9 Å². The molecule has 3 amide bonds. The summed E-state index contributed by atoms with van der Waals surface area (Å²) in [5, 5.41) is 4.56. The first-order chi connectivity index (χ1) is 13.5. The van der Waals surface area contributed by atoms with Crippen molar-refractivity contribution in [2.45, 2.75) is 0 Å². The summed E-state index contributed by atoms with van der Waals surface area (Å²) in [4.78, 5) is 24.0. The molecule has 3 aromatic rings. The van der Waals surface area contributed by atoms with E-state index < -0.39 is 17.8 Å². The zero-order chi connectivity index (χ0) is 20.1. The Labute approximate surface area is 160 Å². The lowest BCUT2D eigenvalue weighted by molar-refractivity contribution is 0.0963. The average molecular weight is 382 g/mol. The Morgan fingerprint density at radius 1 is 0.929 bits per heavy atom. The minimum atomic E-state index is -0.856. The monoisotopic (exact) mass is 382 g/mol. The lowest BCUT2D eigenvalue weighted by atomic mass is 10.0. The van der Waals surface area contributed by atoms with E-state index in [1.54, 1.807) is 30.3 Å². The Balaban J connectivity index is 1.73. The zero-order valence-electron chi connectivity index (χ0n) is 14.8. The molecule has 142 valence electrons. The third-order valence-electron chi connectivity index (χ3n) is 3.96. The number of amides is 3. The van der Waals surface area contributed by atoms with Crippen LogP contribution in [0.1, 0.15) is 10.4 Å². The summed E-state index contributed by atoms with van der Waals surface area (Å²) in [6.45, 7) is 0. The van der Waals surface area contributed by atoms with Gasteiger partial charge < -0.3 is 10.1 Å². The second-order valence-corrected chi connectivity index (χ2v) is 5.81. The first kappa shape index (κ1) is 19.0. The van der Waals surface area contributed by atoms with E-state index in [-0.39, 0.29) is 11.4 Å². The topological polar surface area (TPSA) is 67.4 Å². The molecule has 0 aromatic heterocycles. The van der Waals surface area contributed by atoms with Crippen molar-refractivity contribution in [1.29, 1.82) is 0 Å². The van der Waals surface area contributed by atoms with Crippen molar-refractivity contribution >= 4 is 17.6 Å². The molecule has 0 bridgehead atoms. The minimum absolute atomic E-state index is 0.234. The van der Waals surface area contributed by atoms with Crippen LogP contribution >= 0.6 is 0 Å². The number of carbonyl (C=O) groups excluding carboxylic acids is 2. The fourth-order valence-electron chi connectivity index (χ4n) is 2.62. The Morgan fingerprint density at radius 3 is 2.32 bits per heavy atom. The van der Waals surface area contributed by atoms with Gasteiger partial charge in [0.05, 0.1) is 12.7 Å². The van der Waals surface area contributed by atoms with Crippen molar-refractivity contribution in [2.24, 2.45) is 0 Å². The molecule has 0 heterocycles. The average Bonchev–Trinajstić information content (AvgIpc) is 2.68. The largest absolute Gasteiger partial charge is 0.496 e. The molecule has 3 rings (SSSR count). The number of rotatable bonds is 4. The molecule has 2 N–H and O–H groups in total. The minimum Gasteiger partial charge on any atom is -0.496 e. The van der Waals surface area contributed by atoms with Gasteiger partial charge in [0, 0.05) is 17.3 Å². The highest BCUT2D eigenvalue weighted by molar-refractivity contribution is 6.08. The number of nitrogens with one attached hydrogen (secondary N) is 2. The van der Waals surface area contributed by atoms with E-state index in [9.17, 15) is 18.4 Å². The van der Waals surface area contributed by atoms with E-state index in [1.165, 1.54) is 37.4 Å². The molecule has 0 saturated carbocycles. The molecule has 28 heavy (non-hydrogen) atoms. The first-order valence-corrected chi connectivity index (χ1v) is 8.29. The molecule has 0 fully saturated rings. The summed E-state index contributed by atoms with van der Waals surface area (Å²) in [6, 6.07) is 15.3. The molecule has 0 spiro atoms. The van der Waals surface area contributed by atoms with Gasteiger partial charge in [0.25, 0.3) is 5.91 Å². The van der Waals surface area contributed by atoms with Crippen molar-refractivity contribution in [2.75, 3.05) is 12.4 Å². The van der Waals surface area contributed by atoms with Gasteiger partial charge in [-0.1, -0.05) is 24.3 Å². The van der Waals surface area contributed by atoms with Crippen LogP contribution in [-0.2, 0) is 0 Å². The fourth-order valence-corrected chi connectivity index (χ4v) is 2.62. The molecule has 3 aromatic carbocycles. The number of hydrogen-bond donors (Lipinski definition) is 2. The molecule has 0 aliphatic heterocycles. The van der Waals surface area contributed by atoms with Gasteiger partial charge >= 0.3 is 6.03 Å². The number of carbonyl (C=O) groups is 2. The van der Waals surface area contributed by atoms with Crippen molar-refractivity contribution < 1.29 is 23.1 Å². The predicted molar refractivity (Wildman–Crippen MR) is 101 cm³/mol. The maximum atomic E-state index is 13.6. The van der Waals surface area contributed by atoms with Crippen LogP contribution in [0.2, 0.25) is 0 Å². The van der Waals surface area contributed by atoms with Crippen LogP contribution in [0.15, 0.2) is 66.7 Å². The summed E-state index contributed by atoms with van der Waals surface area (Å²) in [6.07, 6.45) is 0. The van der Waals surface area contributed by atoms with Gasteiger partial charge in [-0.2, -0.15) is 0 Å². The molecule has 5 nitrogen and oxygen atoms in total. The Kier molecular flexibility index (Phi) is 5.64. The highest BCUT2D eigenvalue weighted by Gasteiger charge is 2.15. The van der Waals surface area contributed by atoms with E-state index in [0.29, 0.717) is 17.0 Å². The van der Waals surface area contributed by atoms with Gasteiger partial charge in [-0.15, -0.1) is 0 Å².